The predicted molar refractivity (Wildman–Crippen MR) is 60.8 cm³/mol. The van der Waals surface area contributed by atoms with E-state index in [0.29, 0.717) is 5.76 Å². The van der Waals surface area contributed by atoms with E-state index in [2.05, 4.69) is 15.9 Å². The smallest absolute Gasteiger partial charge is 0.214 e. The van der Waals surface area contributed by atoms with Crippen LogP contribution in [-0.2, 0) is 10.1 Å². The van der Waals surface area contributed by atoms with E-state index >= 15 is 0 Å². The molecule has 0 amide bonds. The summed E-state index contributed by atoms with van der Waals surface area (Å²) in [7, 11) is 1.43. The Labute approximate surface area is 95.8 Å². The number of halogens is 1. The Morgan fingerprint density at radius 1 is 1.47 bits per heavy atom. The van der Waals surface area contributed by atoms with Crippen LogP contribution in [0.15, 0.2) is 28.7 Å². The van der Waals surface area contributed by atoms with Crippen molar-refractivity contribution in [3.05, 3.63) is 35.6 Å². The number of alkyl halides is 1. The van der Waals surface area contributed by atoms with Gasteiger partial charge in [0.1, 0.15) is 5.58 Å². The third-order valence-electron chi connectivity index (χ3n) is 2.22. The first-order chi connectivity index (χ1) is 7.24. The maximum atomic E-state index is 9.43. The molecule has 0 aliphatic heterocycles. The summed E-state index contributed by atoms with van der Waals surface area (Å²) in [6.07, 6.45) is -0.996. The van der Waals surface area contributed by atoms with Crippen LogP contribution in [0.5, 0.6) is 0 Å². The molecule has 4 heteroatoms. The van der Waals surface area contributed by atoms with Crippen LogP contribution in [-0.4, -0.2) is 12.2 Å². The minimum Gasteiger partial charge on any atom is -0.456 e. The predicted octanol–water partition coefficient (Wildman–Crippen LogP) is 2.97. The number of aliphatic hydroxyl groups excluding tert-OH is 1. The van der Waals surface area contributed by atoms with Gasteiger partial charge in [0.25, 0.3) is 0 Å². The molecule has 1 aromatic heterocycles. The second-order valence-electron chi connectivity index (χ2n) is 3.24. The van der Waals surface area contributed by atoms with Crippen LogP contribution in [0.1, 0.15) is 17.6 Å². The monoisotopic (exact) mass is 270 g/mol. The lowest BCUT2D eigenvalue weighted by molar-refractivity contribution is -0.0895. The summed E-state index contributed by atoms with van der Waals surface area (Å²) in [4.78, 5) is 0. The quantitative estimate of drug-likeness (QED) is 0.689. The Hall–Kier alpha value is -0.840. The third kappa shape index (κ3) is 2.07. The van der Waals surface area contributed by atoms with Crippen LogP contribution in [0.25, 0.3) is 11.0 Å². The number of furan rings is 1. The number of methoxy groups -OCH3 is 1. The summed E-state index contributed by atoms with van der Waals surface area (Å²) >= 11 is 3.38. The molecule has 1 N–H and O–H groups in total. The summed E-state index contributed by atoms with van der Waals surface area (Å²) in [6.45, 7) is 0. The number of hydrogen-bond acceptors (Lipinski definition) is 3. The maximum Gasteiger partial charge on any atom is 0.214 e. The molecule has 0 saturated heterocycles. The van der Waals surface area contributed by atoms with Gasteiger partial charge in [0.05, 0.1) is 0 Å². The zero-order chi connectivity index (χ0) is 10.8. The lowest BCUT2D eigenvalue weighted by atomic mass is 10.2. The molecule has 80 valence electrons. The summed E-state index contributed by atoms with van der Waals surface area (Å²) in [5.74, 6) is 0.430. The van der Waals surface area contributed by atoms with Crippen LogP contribution >= 0.6 is 15.9 Å². The fraction of sp³-hybridized carbons (Fsp3) is 0.273. The molecule has 0 aliphatic carbocycles. The van der Waals surface area contributed by atoms with Crippen molar-refractivity contribution in [1.82, 2.24) is 0 Å². The Morgan fingerprint density at radius 2 is 2.27 bits per heavy atom. The van der Waals surface area contributed by atoms with Crippen molar-refractivity contribution < 1.29 is 14.3 Å². The van der Waals surface area contributed by atoms with Gasteiger partial charge in [0.15, 0.2) is 5.76 Å². The highest BCUT2D eigenvalue weighted by atomic mass is 79.9. The summed E-state index contributed by atoms with van der Waals surface area (Å²) < 4.78 is 10.2. The van der Waals surface area contributed by atoms with Crippen LogP contribution in [0.2, 0.25) is 0 Å². The van der Waals surface area contributed by atoms with Gasteiger partial charge in [-0.05, 0) is 17.7 Å². The van der Waals surface area contributed by atoms with E-state index in [0.717, 1.165) is 21.9 Å². The molecule has 3 nitrogen and oxygen atoms in total. The van der Waals surface area contributed by atoms with Crippen LogP contribution in [0.4, 0.5) is 0 Å². The molecule has 0 fully saturated rings. The molecule has 0 aliphatic rings. The molecule has 2 aromatic rings. The van der Waals surface area contributed by atoms with Gasteiger partial charge in [-0.1, -0.05) is 28.1 Å². The average molecular weight is 271 g/mol. The number of fused-ring (bicyclic) bond motifs is 1. The van der Waals surface area contributed by atoms with E-state index in [-0.39, 0.29) is 0 Å². The standard InChI is InChI=1S/C11H11BrO3/c1-14-11(13)10-5-8-3-2-7(6-12)4-9(8)15-10/h2-5,11,13H,6H2,1H3. The van der Waals surface area contributed by atoms with Crippen LogP contribution in [0, 0.1) is 0 Å². The van der Waals surface area contributed by atoms with Gasteiger partial charge in [-0.2, -0.15) is 0 Å². The number of rotatable bonds is 3. The molecule has 1 atom stereocenters. The lowest BCUT2D eigenvalue weighted by Gasteiger charge is -2.02. The molecule has 0 radical (unpaired) electrons. The van der Waals surface area contributed by atoms with Gasteiger partial charge in [0, 0.05) is 17.8 Å². The minimum atomic E-state index is -0.996. The first kappa shape index (κ1) is 10.7. The zero-order valence-electron chi connectivity index (χ0n) is 8.24. The van der Waals surface area contributed by atoms with E-state index in [1.165, 1.54) is 7.11 Å². The van der Waals surface area contributed by atoms with Gasteiger partial charge in [-0.25, -0.2) is 0 Å². The van der Waals surface area contributed by atoms with E-state index in [9.17, 15) is 5.11 Å². The third-order valence-corrected chi connectivity index (χ3v) is 2.87. The Morgan fingerprint density at radius 3 is 2.93 bits per heavy atom. The summed E-state index contributed by atoms with van der Waals surface area (Å²) in [5, 5.41) is 11.2. The van der Waals surface area contributed by atoms with E-state index in [1.54, 1.807) is 6.07 Å². The molecule has 0 spiro atoms. The first-order valence-corrected chi connectivity index (χ1v) is 5.66. The van der Waals surface area contributed by atoms with Crippen molar-refractivity contribution in [3.8, 4) is 0 Å². The highest BCUT2D eigenvalue weighted by molar-refractivity contribution is 9.08. The molecule has 1 aromatic carbocycles. The highest BCUT2D eigenvalue weighted by Gasteiger charge is 2.12. The van der Waals surface area contributed by atoms with Crippen molar-refractivity contribution in [3.63, 3.8) is 0 Å². The second kappa shape index (κ2) is 4.35. The topological polar surface area (TPSA) is 42.6 Å². The van der Waals surface area contributed by atoms with Crippen molar-refractivity contribution in [2.45, 2.75) is 11.6 Å². The van der Waals surface area contributed by atoms with Crippen molar-refractivity contribution in [2.24, 2.45) is 0 Å². The molecule has 1 unspecified atom stereocenters. The number of ether oxygens (including phenoxy) is 1. The fourth-order valence-electron chi connectivity index (χ4n) is 1.42. The molecular formula is C11H11BrO3. The van der Waals surface area contributed by atoms with E-state index in [1.807, 2.05) is 18.2 Å². The number of aliphatic hydroxyl groups is 1. The van der Waals surface area contributed by atoms with Gasteiger partial charge in [0.2, 0.25) is 6.29 Å². The van der Waals surface area contributed by atoms with E-state index in [4.69, 9.17) is 9.15 Å². The highest BCUT2D eigenvalue weighted by Crippen LogP contribution is 2.25. The van der Waals surface area contributed by atoms with E-state index < -0.39 is 6.29 Å². The second-order valence-corrected chi connectivity index (χ2v) is 3.80. The van der Waals surface area contributed by atoms with Crippen molar-refractivity contribution in [2.75, 3.05) is 7.11 Å². The summed E-state index contributed by atoms with van der Waals surface area (Å²) in [6, 6.07) is 7.69. The molecular weight excluding hydrogens is 260 g/mol. The Balaban J connectivity index is 2.46. The molecule has 15 heavy (non-hydrogen) atoms. The Kier molecular flexibility index (Phi) is 3.09. The summed E-state index contributed by atoms with van der Waals surface area (Å²) in [5.41, 5.74) is 1.90. The molecule has 0 saturated carbocycles. The maximum absolute atomic E-state index is 9.43. The fourth-order valence-corrected chi connectivity index (χ4v) is 1.77. The van der Waals surface area contributed by atoms with Gasteiger partial charge >= 0.3 is 0 Å². The Bertz CT molecular complexity index is 464. The SMILES string of the molecule is COC(O)c1cc2ccc(CBr)cc2o1. The number of benzene rings is 1. The van der Waals surface area contributed by atoms with Crippen LogP contribution < -0.4 is 0 Å². The normalized spacial score (nSPS) is 13.3. The van der Waals surface area contributed by atoms with Crippen molar-refractivity contribution in [1.29, 1.82) is 0 Å². The first-order valence-electron chi connectivity index (χ1n) is 4.54. The average Bonchev–Trinajstić information content (AvgIpc) is 2.70. The largest absolute Gasteiger partial charge is 0.456 e. The van der Waals surface area contributed by atoms with Crippen molar-refractivity contribution >= 4 is 26.9 Å². The van der Waals surface area contributed by atoms with Gasteiger partial charge in [-0.15, -0.1) is 0 Å². The van der Waals surface area contributed by atoms with Gasteiger partial charge in [-0.3, -0.25) is 0 Å². The molecule has 1 heterocycles. The molecule has 0 bridgehead atoms. The molecule has 2 rings (SSSR count). The number of hydrogen-bond donors (Lipinski definition) is 1. The van der Waals surface area contributed by atoms with Crippen LogP contribution in [0.3, 0.4) is 0 Å². The minimum absolute atomic E-state index is 0.430. The lowest BCUT2D eigenvalue weighted by Crippen LogP contribution is -1.96. The van der Waals surface area contributed by atoms with Gasteiger partial charge < -0.3 is 14.3 Å². The zero-order valence-corrected chi connectivity index (χ0v) is 9.82.